The van der Waals surface area contributed by atoms with Crippen molar-refractivity contribution in [3.05, 3.63) is 72.0 Å². The number of rotatable bonds is 18. The van der Waals surface area contributed by atoms with Crippen molar-refractivity contribution in [3.8, 4) is 0 Å². The summed E-state index contributed by atoms with van der Waals surface area (Å²) in [5.41, 5.74) is 1.38. The Bertz CT molecular complexity index is 1720. The first kappa shape index (κ1) is 60.3. The molecule has 2 heterocycles. The molecule has 0 aromatic heterocycles. The lowest BCUT2D eigenvalue weighted by atomic mass is 9.81. The van der Waals surface area contributed by atoms with Crippen molar-refractivity contribution in [2.75, 3.05) is 49.7 Å². The smallest absolute Gasteiger partial charge is 0.331 e. The summed E-state index contributed by atoms with van der Waals surface area (Å²) in [5, 5.41) is 23.0. The highest BCUT2D eigenvalue weighted by atomic mass is 16.6. The van der Waals surface area contributed by atoms with Crippen LogP contribution in [0, 0.1) is 35.5 Å². The number of nitrogens with zero attached hydrogens (tertiary/aromatic N) is 1. The SMILES string of the molecule is COC1CC2=CC(=O)O[C@@H]([C@H](C)[C@H](OC)C[C@@H](OC)/C=C/[C@H](C)[C@@H](O)C[C@@H](OC)/C=C/[C@H](C)[C@@H]([C@@H](C)[C@@H](OC)[C@@H](C)CCC(=O)[C@H](C)[C@@H](C/C=C/N(C)C=O)OC)OC(=O)/C=C/C=C(\C)C1)[C@H]2O. The molecule has 2 aliphatic rings. The number of carbonyl (C=O) groups excluding carboxylic acids is 4. The molecule has 386 valence electrons. The highest BCUT2D eigenvalue weighted by Crippen LogP contribution is 2.33. The molecule has 0 aliphatic carbocycles. The molecule has 15 nitrogen and oxygen atoms in total. The molecule has 0 saturated heterocycles. The second kappa shape index (κ2) is 31.4. The van der Waals surface area contributed by atoms with Gasteiger partial charge in [-0.15, -0.1) is 0 Å². The summed E-state index contributed by atoms with van der Waals surface area (Å²) >= 11 is 0. The first-order valence-corrected chi connectivity index (χ1v) is 24.0. The molecule has 2 rings (SSSR count). The quantitative estimate of drug-likeness (QED) is 0.0821. The van der Waals surface area contributed by atoms with Gasteiger partial charge in [0.25, 0.3) is 0 Å². The average molecular weight is 960 g/mol. The van der Waals surface area contributed by atoms with E-state index in [1.807, 2.05) is 78.8 Å². The molecular formula is C53H85NO14. The van der Waals surface area contributed by atoms with Crippen LogP contribution in [0.1, 0.15) is 93.4 Å². The number of cyclic esters (lactones) is 1. The number of allylic oxidation sites excluding steroid dienone is 2. The second-order valence-electron chi connectivity index (χ2n) is 18.8. The molecule has 0 spiro atoms. The summed E-state index contributed by atoms with van der Waals surface area (Å²) in [7, 11) is 11.1. The van der Waals surface area contributed by atoms with E-state index < -0.39 is 72.8 Å². The van der Waals surface area contributed by atoms with E-state index in [4.69, 9.17) is 37.9 Å². The Morgan fingerprint density at radius 2 is 1.50 bits per heavy atom. The first-order valence-electron chi connectivity index (χ1n) is 24.0. The number of hydrogen-bond donors (Lipinski definition) is 2. The number of amides is 1. The summed E-state index contributed by atoms with van der Waals surface area (Å²) in [6.07, 6.45) is 14.6. The van der Waals surface area contributed by atoms with E-state index in [-0.39, 0.29) is 54.3 Å². The van der Waals surface area contributed by atoms with E-state index in [9.17, 15) is 29.4 Å². The summed E-state index contributed by atoms with van der Waals surface area (Å²) in [4.78, 5) is 52.4. The highest BCUT2D eigenvalue weighted by Gasteiger charge is 2.40. The largest absolute Gasteiger partial charge is 0.458 e. The van der Waals surface area contributed by atoms with Crippen molar-refractivity contribution in [1.82, 2.24) is 4.90 Å². The Morgan fingerprint density at radius 3 is 2.09 bits per heavy atom. The standard InChI is InChI=1S/C53H85NO14/c1-33-17-15-19-48(58)67-52(39(7)51(66-14)35(3)22-25-44(56)37(5)46(64-12)18-16-26-54(8)32-55)36(4)21-24-41(61-9)30-45(57)34(2)20-23-42(62-10)31-47(65-13)38(6)53-50(60)40(29-49(59)68-53)28-43(27-33)63-11/h15-17,19-21,23-24,26,29,32,34-39,41-43,45-47,50-53,57,60H,18,22,25,27-28,30-31H2,1-14H3/b19-15+,23-20+,24-21+,26-16+,33-17+/t34-,35-,36-,37-,38+,39-,41-,42-,43?,45-,46+,47+,50-,51-,52-,53-/m0/s1. The van der Waals surface area contributed by atoms with Crippen LogP contribution in [-0.4, -0.2) is 150 Å². The van der Waals surface area contributed by atoms with Crippen LogP contribution in [0.25, 0.3) is 0 Å². The van der Waals surface area contributed by atoms with Gasteiger partial charge in [-0.2, -0.15) is 0 Å². The van der Waals surface area contributed by atoms with E-state index >= 15 is 0 Å². The van der Waals surface area contributed by atoms with Crippen molar-refractivity contribution in [2.24, 2.45) is 35.5 Å². The number of ether oxygens (including phenoxy) is 8. The monoisotopic (exact) mass is 960 g/mol. The molecule has 0 fully saturated rings. The zero-order chi connectivity index (χ0) is 51.1. The maximum Gasteiger partial charge on any atom is 0.331 e. The molecule has 2 bridgehead atoms. The van der Waals surface area contributed by atoms with Crippen LogP contribution in [-0.2, 0) is 57.1 Å². The van der Waals surface area contributed by atoms with Crippen LogP contribution >= 0.6 is 0 Å². The van der Waals surface area contributed by atoms with Gasteiger partial charge in [-0.3, -0.25) is 9.59 Å². The average Bonchev–Trinajstić information content (AvgIpc) is 3.32. The molecular weight excluding hydrogens is 875 g/mol. The van der Waals surface area contributed by atoms with Gasteiger partial charge in [-0.25, -0.2) is 9.59 Å². The van der Waals surface area contributed by atoms with E-state index in [0.29, 0.717) is 44.1 Å². The third kappa shape index (κ3) is 19.5. The Labute approximate surface area is 406 Å². The number of methoxy groups -OCH3 is 6. The number of aliphatic hydroxyl groups is 2. The maximum atomic E-state index is 13.7. The Balaban J connectivity index is 2.49. The number of aliphatic hydroxyl groups excluding tert-OH is 2. The topological polar surface area (TPSA) is 186 Å². The third-order valence-corrected chi connectivity index (χ3v) is 13.8. The van der Waals surface area contributed by atoms with Crippen LogP contribution < -0.4 is 0 Å². The molecule has 2 N–H and O–H groups in total. The Morgan fingerprint density at radius 1 is 0.853 bits per heavy atom. The van der Waals surface area contributed by atoms with Crippen molar-refractivity contribution < 1.29 is 67.3 Å². The number of ketones is 1. The van der Waals surface area contributed by atoms with Gasteiger partial charge in [0.05, 0.1) is 42.7 Å². The fraction of sp³-hybridized carbons (Fsp3) is 0.698. The lowest BCUT2D eigenvalue weighted by Crippen LogP contribution is -2.46. The van der Waals surface area contributed by atoms with E-state index in [1.165, 1.54) is 17.1 Å². The van der Waals surface area contributed by atoms with Gasteiger partial charge in [0.1, 0.15) is 24.1 Å². The van der Waals surface area contributed by atoms with E-state index in [0.717, 1.165) is 5.57 Å². The number of carbonyl (C=O) groups is 4. The molecule has 0 saturated carbocycles. The predicted octanol–water partition coefficient (Wildman–Crippen LogP) is 6.91. The van der Waals surface area contributed by atoms with Crippen molar-refractivity contribution in [1.29, 1.82) is 0 Å². The van der Waals surface area contributed by atoms with Gasteiger partial charge in [-0.05, 0) is 44.1 Å². The molecule has 1 amide bonds. The van der Waals surface area contributed by atoms with Crippen LogP contribution in [0.4, 0.5) is 0 Å². The maximum absolute atomic E-state index is 13.7. The molecule has 15 heteroatoms. The van der Waals surface area contributed by atoms with Gasteiger partial charge < -0.3 is 53.0 Å². The minimum absolute atomic E-state index is 0.0505. The second-order valence-corrected chi connectivity index (χ2v) is 18.8. The van der Waals surface area contributed by atoms with Crippen molar-refractivity contribution >= 4 is 24.1 Å². The molecule has 16 atom stereocenters. The summed E-state index contributed by atoms with van der Waals surface area (Å²) < 4.78 is 47.1. The highest BCUT2D eigenvalue weighted by molar-refractivity contribution is 5.84. The van der Waals surface area contributed by atoms with Gasteiger partial charge in [0, 0.05) is 117 Å². The van der Waals surface area contributed by atoms with E-state index in [2.05, 4.69) is 0 Å². The molecule has 0 aromatic rings. The molecule has 0 aromatic carbocycles. The summed E-state index contributed by atoms with van der Waals surface area (Å²) in [5.74, 6) is -2.91. The van der Waals surface area contributed by atoms with Crippen LogP contribution in [0.3, 0.4) is 0 Å². The van der Waals surface area contributed by atoms with E-state index in [1.54, 1.807) is 68.1 Å². The molecule has 0 radical (unpaired) electrons. The number of hydrogen-bond acceptors (Lipinski definition) is 14. The van der Waals surface area contributed by atoms with Crippen molar-refractivity contribution in [3.63, 3.8) is 0 Å². The van der Waals surface area contributed by atoms with Crippen molar-refractivity contribution in [2.45, 2.75) is 154 Å². The predicted molar refractivity (Wildman–Crippen MR) is 261 cm³/mol. The summed E-state index contributed by atoms with van der Waals surface area (Å²) in [6, 6.07) is 0. The Hall–Kier alpha value is -3.80. The minimum Gasteiger partial charge on any atom is -0.458 e. The van der Waals surface area contributed by atoms with Gasteiger partial charge >= 0.3 is 11.9 Å². The van der Waals surface area contributed by atoms with Gasteiger partial charge in [-0.1, -0.05) is 89.6 Å². The number of esters is 2. The van der Waals surface area contributed by atoms with Crippen LogP contribution in [0.15, 0.2) is 72.0 Å². The lowest BCUT2D eigenvalue weighted by molar-refractivity contribution is -0.160. The summed E-state index contributed by atoms with van der Waals surface area (Å²) in [6.45, 7) is 13.5. The fourth-order valence-corrected chi connectivity index (χ4v) is 9.13. The first-order chi connectivity index (χ1) is 32.3. The molecule has 68 heavy (non-hydrogen) atoms. The van der Waals surface area contributed by atoms with Crippen LogP contribution in [0.2, 0.25) is 0 Å². The third-order valence-electron chi connectivity index (χ3n) is 13.8. The normalized spacial score (nSPS) is 33.0. The Kier molecular flexibility index (Phi) is 27.9. The zero-order valence-corrected chi connectivity index (χ0v) is 43.3. The van der Waals surface area contributed by atoms with Gasteiger partial charge in [0.2, 0.25) is 6.41 Å². The fourth-order valence-electron chi connectivity index (χ4n) is 9.13. The lowest BCUT2D eigenvalue weighted by Gasteiger charge is -2.37. The molecule has 1 unspecified atom stereocenters. The minimum atomic E-state index is -1.10. The number of fused-ring (bicyclic) bond motifs is 2. The molecule has 2 aliphatic heterocycles. The number of Topliss-reactive ketones (excluding diaryl/α,β-unsaturated/α-hetero) is 1. The van der Waals surface area contributed by atoms with Crippen LogP contribution in [0.5, 0.6) is 0 Å². The van der Waals surface area contributed by atoms with Gasteiger partial charge in [0.15, 0.2) is 0 Å². The zero-order valence-electron chi connectivity index (χ0n) is 43.3.